The van der Waals surface area contributed by atoms with Crippen LogP contribution in [0, 0.1) is 0 Å². The van der Waals surface area contributed by atoms with Crippen LogP contribution in [0.25, 0.3) is 0 Å². The smallest absolute Gasteiger partial charge is 0.323 e. The lowest BCUT2D eigenvalue weighted by Crippen LogP contribution is -2.45. The van der Waals surface area contributed by atoms with Crippen LogP contribution in [-0.4, -0.2) is 53.1 Å². The lowest BCUT2D eigenvalue weighted by Gasteiger charge is -2.20. The molecule has 0 aromatic carbocycles. The van der Waals surface area contributed by atoms with Crippen molar-refractivity contribution in [3.63, 3.8) is 0 Å². The molecule has 1 aliphatic carbocycles. The highest BCUT2D eigenvalue weighted by molar-refractivity contribution is 5.81. The summed E-state index contributed by atoms with van der Waals surface area (Å²) in [5.41, 5.74) is 0. The number of amides is 3. The molecule has 0 aromatic heterocycles. The van der Waals surface area contributed by atoms with Gasteiger partial charge in [-0.2, -0.15) is 0 Å². The Kier molecular flexibility index (Phi) is 5.59. The van der Waals surface area contributed by atoms with E-state index in [9.17, 15) is 14.4 Å². The fourth-order valence-corrected chi connectivity index (χ4v) is 1.68. The van der Waals surface area contributed by atoms with Crippen molar-refractivity contribution in [2.24, 2.45) is 0 Å². The van der Waals surface area contributed by atoms with E-state index in [1.165, 1.54) is 4.90 Å². The van der Waals surface area contributed by atoms with E-state index in [0.717, 1.165) is 12.8 Å². The molecule has 7 heteroatoms. The van der Waals surface area contributed by atoms with Crippen LogP contribution in [0.15, 0.2) is 0 Å². The molecule has 7 nitrogen and oxygen atoms in total. The highest BCUT2D eigenvalue weighted by Gasteiger charge is 2.33. The van der Waals surface area contributed by atoms with E-state index in [2.05, 4.69) is 10.6 Å². The Morgan fingerprint density at radius 2 is 1.95 bits per heavy atom. The predicted octanol–water partition coefficient (Wildman–Crippen LogP) is 0.160. The van der Waals surface area contributed by atoms with Crippen molar-refractivity contribution in [1.29, 1.82) is 0 Å². The minimum atomic E-state index is -1.03. The van der Waals surface area contributed by atoms with Crippen molar-refractivity contribution in [2.75, 3.05) is 13.1 Å². The van der Waals surface area contributed by atoms with Gasteiger partial charge in [-0.3, -0.25) is 9.59 Å². The topological polar surface area (TPSA) is 98.7 Å². The maximum absolute atomic E-state index is 11.8. The molecule has 0 bridgehead atoms. The summed E-state index contributed by atoms with van der Waals surface area (Å²) < 4.78 is 0. The number of nitrogens with one attached hydrogen (secondary N) is 2. The van der Waals surface area contributed by atoms with Crippen LogP contribution in [0.2, 0.25) is 0 Å². The van der Waals surface area contributed by atoms with Gasteiger partial charge in [-0.05, 0) is 26.7 Å². The van der Waals surface area contributed by atoms with Crippen LogP contribution < -0.4 is 10.6 Å². The van der Waals surface area contributed by atoms with Crippen molar-refractivity contribution < 1.29 is 19.5 Å². The summed E-state index contributed by atoms with van der Waals surface area (Å²) in [6, 6.07) is -0.319. The van der Waals surface area contributed by atoms with Crippen molar-refractivity contribution in [3.8, 4) is 0 Å². The van der Waals surface area contributed by atoms with Crippen molar-refractivity contribution in [3.05, 3.63) is 0 Å². The van der Waals surface area contributed by atoms with Crippen LogP contribution in [0.4, 0.5) is 4.79 Å². The van der Waals surface area contributed by atoms with Gasteiger partial charge >= 0.3 is 12.0 Å². The van der Waals surface area contributed by atoms with Crippen molar-refractivity contribution >= 4 is 17.9 Å². The third-order valence-corrected chi connectivity index (χ3v) is 2.63. The normalized spacial score (nSPS) is 14.1. The van der Waals surface area contributed by atoms with Gasteiger partial charge in [0.05, 0.1) is 0 Å². The molecule has 19 heavy (non-hydrogen) atoms. The van der Waals surface area contributed by atoms with Gasteiger partial charge in [-0.25, -0.2) is 4.79 Å². The highest BCUT2D eigenvalue weighted by Crippen LogP contribution is 2.26. The number of carboxylic acid groups (broad SMARTS) is 1. The second-order valence-electron chi connectivity index (χ2n) is 4.96. The van der Waals surface area contributed by atoms with Gasteiger partial charge in [-0.1, -0.05) is 0 Å². The molecule has 0 spiro atoms. The molecule has 1 aliphatic rings. The molecule has 0 atom stereocenters. The molecule has 0 radical (unpaired) electrons. The second kappa shape index (κ2) is 6.96. The number of aliphatic carboxylic acids is 1. The third kappa shape index (κ3) is 6.08. The lowest BCUT2D eigenvalue weighted by molar-refractivity contribution is -0.137. The average molecular weight is 271 g/mol. The summed E-state index contributed by atoms with van der Waals surface area (Å²) in [7, 11) is 0. The van der Waals surface area contributed by atoms with E-state index in [4.69, 9.17) is 5.11 Å². The Balaban J connectivity index is 2.28. The van der Waals surface area contributed by atoms with Gasteiger partial charge in [0, 0.05) is 25.0 Å². The monoisotopic (exact) mass is 271 g/mol. The average Bonchev–Trinajstić information content (AvgIpc) is 3.08. The maximum Gasteiger partial charge on any atom is 0.323 e. The Bertz CT molecular complexity index is 353. The third-order valence-electron chi connectivity index (χ3n) is 2.63. The van der Waals surface area contributed by atoms with Crippen molar-refractivity contribution in [1.82, 2.24) is 15.5 Å². The molecule has 0 aromatic rings. The molecule has 0 saturated heterocycles. The largest absolute Gasteiger partial charge is 0.480 e. The zero-order valence-electron chi connectivity index (χ0n) is 11.3. The zero-order valence-corrected chi connectivity index (χ0v) is 11.3. The minimum absolute atomic E-state index is 0.0283. The summed E-state index contributed by atoms with van der Waals surface area (Å²) >= 11 is 0. The van der Waals surface area contributed by atoms with E-state index < -0.39 is 12.0 Å². The molecule has 108 valence electrons. The van der Waals surface area contributed by atoms with Crippen molar-refractivity contribution in [2.45, 2.75) is 45.2 Å². The van der Waals surface area contributed by atoms with Gasteiger partial charge in [0.1, 0.15) is 6.54 Å². The summed E-state index contributed by atoms with van der Waals surface area (Å²) in [5.74, 6) is -1.16. The van der Waals surface area contributed by atoms with Crippen LogP contribution in [-0.2, 0) is 9.59 Å². The fraction of sp³-hybridized carbons (Fsp3) is 0.750. The van der Waals surface area contributed by atoms with Gasteiger partial charge < -0.3 is 20.6 Å². The van der Waals surface area contributed by atoms with E-state index in [1.54, 1.807) is 0 Å². The quantitative estimate of drug-likeness (QED) is 0.614. The van der Waals surface area contributed by atoms with Gasteiger partial charge in [0.2, 0.25) is 5.91 Å². The predicted molar refractivity (Wildman–Crippen MR) is 68.7 cm³/mol. The number of carboxylic acids is 1. The second-order valence-corrected chi connectivity index (χ2v) is 4.96. The summed E-state index contributed by atoms with van der Waals surface area (Å²) in [6.07, 6.45) is 1.87. The van der Waals surface area contributed by atoms with Gasteiger partial charge in [0.25, 0.3) is 0 Å². The van der Waals surface area contributed by atoms with E-state index in [1.807, 2.05) is 13.8 Å². The zero-order chi connectivity index (χ0) is 14.4. The summed E-state index contributed by atoms with van der Waals surface area (Å²) in [6.45, 7) is 3.63. The first-order valence-corrected chi connectivity index (χ1v) is 6.45. The highest BCUT2D eigenvalue weighted by atomic mass is 16.4. The van der Waals surface area contributed by atoms with Gasteiger partial charge in [-0.15, -0.1) is 0 Å². The molecular formula is C12H21N3O4. The summed E-state index contributed by atoms with van der Waals surface area (Å²) in [5, 5.41) is 14.0. The molecule has 3 N–H and O–H groups in total. The SMILES string of the molecule is CC(C)NC(=O)CCNC(=O)N(CC(=O)O)C1CC1. The standard InChI is InChI=1S/C12H21N3O4/c1-8(2)14-10(16)5-6-13-12(19)15(7-11(17)18)9-3-4-9/h8-9H,3-7H2,1-2H3,(H,13,19)(H,14,16)(H,17,18). The van der Waals surface area contributed by atoms with E-state index in [-0.39, 0.29) is 37.5 Å². The minimum Gasteiger partial charge on any atom is -0.480 e. The first kappa shape index (κ1) is 15.3. The van der Waals surface area contributed by atoms with Gasteiger partial charge in [0.15, 0.2) is 0 Å². The maximum atomic E-state index is 11.8. The number of urea groups is 1. The molecule has 0 unspecified atom stereocenters. The summed E-state index contributed by atoms with van der Waals surface area (Å²) in [4.78, 5) is 35.1. The first-order chi connectivity index (χ1) is 8.90. The number of hydrogen-bond donors (Lipinski definition) is 3. The molecule has 1 fully saturated rings. The first-order valence-electron chi connectivity index (χ1n) is 6.45. The number of carbonyl (C=O) groups excluding carboxylic acids is 2. The number of carbonyl (C=O) groups is 3. The fourth-order valence-electron chi connectivity index (χ4n) is 1.68. The lowest BCUT2D eigenvalue weighted by atomic mass is 10.3. The van der Waals surface area contributed by atoms with Crippen LogP contribution in [0.5, 0.6) is 0 Å². The van der Waals surface area contributed by atoms with Crippen LogP contribution >= 0.6 is 0 Å². The molecule has 3 amide bonds. The van der Waals surface area contributed by atoms with E-state index >= 15 is 0 Å². The number of nitrogens with zero attached hydrogens (tertiary/aromatic N) is 1. The van der Waals surface area contributed by atoms with Crippen LogP contribution in [0.3, 0.4) is 0 Å². The molecular weight excluding hydrogens is 250 g/mol. The Hall–Kier alpha value is -1.79. The Morgan fingerprint density at radius 3 is 2.42 bits per heavy atom. The number of rotatable bonds is 7. The Labute approximate surface area is 112 Å². The molecule has 1 saturated carbocycles. The van der Waals surface area contributed by atoms with E-state index in [0.29, 0.717) is 0 Å². The van der Waals surface area contributed by atoms with Crippen LogP contribution in [0.1, 0.15) is 33.1 Å². The Morgan fingerprint density at radius 1 is 1.32 bits per heavy atom. The number of hydrogen-bond acceptors (Lipinski definition) is 3. The molecule has 1 rings (SSSR count). The molecule has 0 aliphatic heterocycles. The molecule has 0 heterocycles.